The molecule has 0 saturated carbocycles. The maximum atomic E-state index is 13.5. The molecule has 0 aliphatic carbocycles. The molecule has 17 heavy (non-hydrogen) atoms. The van der Waals surface area contributed by atoms with Crippen LogP contribution in [0.3, 0.4) is 0 Å². The molecule has 0 aliphatic heterocycles. The average molecular weight is 301 g/mol. The zero-order valence-electron chi connectivity index (χ0n) is 8.76. The Labute approximate surface area is 104 Å². The molecule has 0 fully saturated rings. The summed E-state index contributed by atoms with van der Waals surface area (Å²) in [6.07, 6.45) is 1.22. The number of ketones is 1. The molecule has 0 N–H and O–H groups in total. The van der Waals surface area contributed by atoms with Gasteiger partial charge in [0.05, 0.1) is 15.6 Å². The van der Waals surface area contributed by atoms with Crippen LogP contribution in [0.4, 0.5) is 8.78 Å². The number of aryl methyl sites for hydroxylation is 1. The summed E-state index contributed by atoms with van der Waals surface area (Å²) in [5, 5.41) is 0. The van der Waals surface area contributed by atoms with E-state index in [0.717, 1.165) is 12.1 Å². The van der Waals surface area contributed by atoms with Crippen LogP contribution in [-0.2, 0) is 0 Å². The van der Waals surface area contributed by atoms with Gasteiger partial charge in [0.15, 0.2) is 5.78 Å². The van der Waals surface area contributed by atoms with E-state index in [1.54, 1.807) is 6.92 Å². The van der Waals surface area contributed by atoms with Crippen molar-refractivity contribution in [2.24, 2.45) is 0 Å². The number of benzene rings is 1. The maximum absolute atomic E-state index is 13.5. The van der Waals surface area contributed by atoms with E-state index in [2.05, 4.69) is 15.9 Å². The van der Waals surface area contributed by atoms with E-state index >= 15 is 0 Å². The van der Waals surface area contributed by atoms with Gasteiger partial charge in [0, 0.05) is 0 Å². The van der Waals surface area contributed by atoms with Crippen LogP contribution in [0, 0.1) is 18.6 Å². The van der Waals surface area contributed by atoms with E-state index in [9.17, 15) is 13.6 Å². The molecular weight excluding hydrogens is 294 g/mol. The molecule has 2 aromatic rings. The van der Waals surface area contributed by atoms with E-state index in [4.69, 9.17) is 4.42 Å². The average Bonchev–Trinajstić information content (AvgIpc) is 2.69. The van der Waals surface area contributed by atoms with Crippen LogP contribution in [0.5, 0.6) is 0 Å². The Morgan fingerprint density at radius 3 is 2.53 bits per heavy atom. The number of hydrogen-bond donors (Lipinski definition) is 0. The molecule has 1 aromatic carbocycles. The summed E-state index contributed by atoms with van der Waals surface area (Å²) < 4.78 is 31.7. The Bertz CT molecular complexity index is 590. The van der Waals surface area contributed by atoms with Crippen molar-refractivity contribution in [2.75, 3.05) is 0 Å². The second-order valence-electron chi connectivity index (χ2n) is 3.52. The third kappa shape index (κ3) is 2.29. The van der Waals surface area contributed by atoms with Gasteiger partial charge in [-0.25, -0.2) is 8.78 Å². The van der Waals surface area contributed by atoms with Gasteiger partial charge in [-0.15, -0.1) is 0 Å². The summed E-state index contributed by atoms with van der Waals surface area (Å²) in [6, 6.07) is 3.27. The third-order valence-electron chi connectivity index (χ3n) is 2.25. The van der Waals surface area contributed by atoms with Gasteiger partial charge in [-0.05, 0) is 41.1 Å². The quantitative estimate of drug-likeness (QED) is 0.623. The molecule has 0 amide bonds. The lowest BCUT2D eigenvalue weighted by atomic mass is 10.1. The van der Waals surface area contributed by atoms with Crippen molar-refractivity contribution in [1.82, 2.24) is 0 Å². The predicted octanol–water partition coefficient (Wildman–Crippen LogP) is 3.86. The lowest BCUT2D eigenvalue weighted by molar-refractivity contribution is 0.103. The van der Waals surface area contributed by atoms with Crippen LogP contribution in [0.1, 0.15) is 21.7 Å². The van der Waals surface area contributed by atoms with Crippen molar-refractivity contribution in [1.29, 1.82) is 0 Å². The highest BCUT2D eigenvalue weighted by molar-refractivity contribution is 9.10. The van der Waals surface area contributed by atoms with Crippen LogP contribution < -0.4 is 0 Å². The second-order valence-corrected chi connectivity index (χ2v) is 4.38. The monoisotopic (exact) mass is 300 g/mol. The minimum absolute atomic E-state index is 0.0186. The molecule has 2 nitrogen and oxygen atoms in total. The molecule has 0 radical (unpaired) electrons. The normalized spacial score (nSPS) is 10.6. The van der Waals surface area contributed by atoms with Crippen LogP contribution in [-0.4, -0.2) is 5.78 Å². The molecule has 0 aliphatic rings. The molecule has 0 spiro atoms. The maximum Gasteiger partial charge on any atom is 0.199 e. The molecule has 2 rings (SSSR count). The van der Waals surface area contributed by atoms with Crippen LogP contribution in [0.2, 0.25) is 0 Å². The lowest BCUT2D eigenvalue weighted by Crippen LogP contribution is -2.04. The fraction of sp³-hybridized carbons (Fsp3) is 0.0833. The third-order valence-corrected chi connectivity index (χ3v) is 2.86. The summed E-state index contributed by atoms with van der Waals surface area (Å²) in [4.78, 5) is 11.9. The highest BCUT2D eigenvalue weighted by Gasteiger charge is 2.18. The van der Waals surface area contributed by atoms with Crippen molar-refractivity contribution >= 4 is 21.7 Å². The fourth-order valence-electron chi connectivity index (χ4n) is 1.41. The molecule has 5 heteroatoms. The standard InChI is InChI=1S/C12H7BrF2O2/c1-6-2-7(5-17-6)12(16)8-3-11(15)9(13)4-10(8)14/h2-5H,1H3. The predicted molar refractivity (Wildman–Crippen MR) is 60.9 cm³/mol. The number of carbonyl (C=O) groups is 1. The molecule has 0 atom stereocenters. The molecular formula is C12H7BrF2O2. The van der Waals surface area contributed by atoms with Gasteiger partial charge in [-0.1, -0.05) is 0 Å². The topological polar surface area (TPSA) is 30.2 Å². The molecule has 0 unspecified atom stereocenters. The van der Waals surface area contributed by atoms with Crippen molar-refractivity contribution < 1.29 is 18.0 Å². The summed E-state index contributed by atoms with van der Waals surface area (Å²) in [5.74, 6) is -1.53. The number of rotatable bonds is 2. The Balaban J connectivity index is 2.47. The zero-order valence-corrected chi connectivity index (χ0v) is 10.3. The summed E-state index contributed by atoms with van der Waals surface area (Å²) in [6.45, 7) is 1.66. The molecule has 0 saturated heterocycles. The van der Waals surface area contributed by atoms with Crippen molar-refractivity contribution in [3.05, 3.63) is 57.5 Å². The van der Waals surface area contributed by atoms with E-state index in [-0.39, 0.29) is 15.6 Å². The number of furan rings is 1. The molecule has 1 heterocycles. The summed E-state index contributed by atoms with van der Waals surface area (Å²) >= 11 is 2.84. The van der Waals surface area contributed by atoms with Gasteiger partial charge >= 0.3 is 0 Å². The Hall–Kier alpha value is -1.49. The minimum atomic E-state index is -0.776. The van der Waals surface area contributed by atoms with Gasteiger partial charge < -0.3 is 4.42 Å². The van der Waals surface area contributed by atoms with E-state index in [1.807, 2.05) is 0 Å². The first-order valence-electron chi connectivity index (χ1n) is 4.73. The van der Waals surface area contributed by atoms with Crippen LogP contribution in [0.25, 0.3) is 0 Å². The van der Waals surface area contributed by atoms with E-state index in [0.29, 0.717) is 5.76 Å². The smallest absolute Gasteiger partial charge is 0.199 e. The first kappa shape index (κ1) is 12.0. The van der Waals surface area contributed by atoms with Gasteiger partial charge in [0.25, 0.3) is 0 Å². The first-order chi connectivity index (χ1) is 7.99. The zero-order chi connectivity index (χ0) is 12.6. The number of carbonyl (C=O) groups excluding carboxylic acids is 1. The van der Waals surface area contributed by atoms with Crippen LogP contribution >= 0.6 is 15.9 Å². The highest BCUT2D eigenvalue weighted by Crippen LogP contribution is 2.22. The van der Waals surface area contributed by atoms with Crippen LogP contribution in [0.15, 0.2) is 33.4 Å². The van der Waals surface area contributed by atoms with E-state index in [1.165, 1.54) is 12.3 Å². The Morgan fingerprint density at radius 1 is 1.24 bits per heavy atom. The summed E-state index contributed by atoms with van der Waals surface area (Å²) in [7, 11) is 0. The second kappa shape index (κ2) is 4.41. The molecule has 1 aromatic heterocycles. The van der Waals surface area contributed by atoms with Crippen molar-refractivity contribution in [3.8, 4) is 0 Å². The Kier molecular flexibility index (Phi) is 3.11. The summed E-state index contributed by atoms with van der Waals surface area (Å²) in [5.41, 5.74) is -0.116. The number of halogens is 3. The fourth-order valence-corrected chi connectivity index (χ4v) is 1.73. The number of hydrogen-bond acceptors (Lipinski definition) is 2. The van der Waals surface area contributed by atoms with Gasteiger partial charge in [0.2, 0.25) is 0 Å². The molecule has 88 valence electrons. The Morgan fingerprint density at radius 2 is 1.94 bits per heavy atom. The first-order valence-corrected chi connectivity index (χ1v) is 5.52. The largest absolute Gasteiger partial charge is 0.469 e. The SMILES string of the molecule is Cc1cc(C(=O)c2cc(F)c(Br)cc2F)co1. The lowest BCUT2D eigenvalue weighted by Gasteiger charge is -2.02. The van der Waals surface area contributed by atoms with Crippen molar-refractivity contribution in [3.63, 3.8) is 0 Å². The van der Waals surface area contributed by atoms with Gasteiger partial charge in [-0.3, -0.25) is 4.79 Å². The van der Waals surface area contributed by atoms with Gasteiger partial charge in [0.1, 0.15) is 23.7 Å². The van der Waals surface area contributed by atoms with Gasteiger partial charge in [-0.2, -0.15) is 0 Å². The minimum Gasteiger partial charge on any atom is -0.469 e. The molecule has 0 bridgehead atoms. The van der Waals surface area contributed by atoms with Crippen molar-refractivity contribution in [2.45, 2.75) is 6.92 Å². The highest BCUT2D eigenvalue weighted by atomic mass is 79.9. The van der Waals surface area contributed by atoms with E-state index < -0.39 is 17.4 Å².